The van der Waals surface area contributed by atoms with Gasteiger partial charge in [-0.3, -0.25) is 14.5 Å². The van der Waals surface area contributed by atoms with E-state index < -0.39 is 0 Å². The highest BCUT2D eigenvalue weighted by atomic mass is 16.2. The zero-order chi connectivity index (χ0) is 26.4. The summed E-state index contributed by atoms with van der Waals surface area (Å²) in [6.45, 7) is 10.2. The van der Waals surface area contributed by atoms with E-state index in [4.69, 9.17) is 4.98 Å². The fraction of sp³-hybridized carbons (Fsp3) is 0.645. The van der Waals surface area contributed by atoms with Gasteiger partial charge in [-0.1, -0.05) is 37.3 Å². The number of benzene rings is 1. The third-order valence-electron chi connectivity index (χ3n) is 9.83. The Morgan fingerprint density at radius 1 is 1.00 bits per heavy atom. The topological polar surface area (TPSA) is 61.7 Å². The number of imidazole rings is 1. The molecule has 4 aliphatic heterocycles. The maximum atomic E-state index is 12.9. The molecule has 7 nitrogen and oxygen atoms in total. The Labute approximate surface area is 227 Å². The van der Waals surface area contributed by atoms with Crippen molar-refractivity contribution in [1.82, 2.24) is 24.3 Å². The largest absolute Gasteiger partial charge is 0.342 e. The first kappa shape index (κ1) is 25.6. The van der Waals surface area contributed by atoms with Gasteiger partial charge in [0.15, 0.2) is 0 Å². The molecule has 0 N–H and O–H groups in total. The summed E-state index contributed by atoms with van der Waals surface area (Å²) in [6, 6.07) is 12.6. The summed E-state index contributed by atoms with van der Waals surface area (Å²) in [5, 5.41) is 0. The predicted molar refractivity (Wildman–Crippen MR) is 148 cm³/mol. The van der Waals surface area contributed by atoms with E-state index in [1.807, 2.05) is 4.90 Å². The number of hydrogen-bond acceptors (Lipinski definition) is 4. The molecule has 3 fully saturated rings. The van der Waals surface area contributed by atoms with Crippen LogP contribution in [0.1, 0.15) is 87.1 Å². The third-order valence-corrected chi connectivity index (χ3v) is 9.83. The minimum absolute atomic E-state index is 0.143. The first-order valence-corrected chi connectivity index (χ1v) is 14.8. The highest BCUT2D eigenvalue weighted by Gasteiger charge is 2.45. The molecule has 204 valence electrons. The summed E-state index contributed by atoms with van der Waals surface area (Å²) in [5.41, 5.74) is 3.85. The molecule has 2 bridgehead atoms. The molecular weight excluding hydrogens is 474 g/mol. The van der Waals surface area contributed by atoms with Gasteiger partial charge in [-0.15, -0.1) is 0 Å². The molecule has 1 aromatic carbocycles. The van der Waals surface area contributed by atoms with Crippen molar-refractivity contribution in [3.8, 4) is 0 Å². The van der Waals surface area contributed by atoms with Gasteiger partial charge in [-0.2, -0.15) is 0 Å². The van der Waals surface area contributed by atoms with Crippen LogP contribution in [0.4, 0.5) is 0 Å². The summed E-state index contributed by atoms with van der Waals surface area (Å²) in [6.07, 6.45) is 7.39. The van der Waals surface area contributed by atoms with E-state index in [0.29, 0.717) is 48.8 Å². The lowest BCUT2D eigenvalue weighted by Gasteiger charge is -2.42. The van der Waals surface area contributed by atoms with E-state index in [9.17, 15) is 9.59 Å². The van der Waals surface area contributed by atoms with E-state index >= 15 is 0 Å². The third kappa shape index (κ3) is 4.67. The molecule has 6 rings (SSSR count). The molecular formula is C31H43N5O2. The van der Waals surface area contributed by atoms with E-state index in [1.165, 1.54) is 36.9 Å². The molecule has 1 aromatic heterocycles. The summed E-state index contributed by atoms with van der Waals surface area (Å²) >= 11 is 0. The van der Waals surface area contributed by atoms with Crippen molar-refractivity contribution in [2.75, 3.05) is 26.2 Å². The number of rotatable bonds is 6. The van der Waals surface area contributed by atoms with E-state index in [-0.39, 0.29) is 5.91 Å². The van der Waals surface area contributed by atoms with E-state index in [2.05, 4.69) is 58.5 Å². The first-order chi connectivity index (χ1) is 18.4. The van der Waals surface area contributed by atoms with Crippen LogP contribution in [0.3, 0.4) is 0 Å². The fourth-order valence-electron chi connectivity index (χ4n) is 8.03. The Morgan fingerprint density at radius 2 is 1.74 bits per heavy atom. The second-order valence-corrected chi connectivity index (χ2v) is 12.1. The van der Waals surface area contributed by atoms with Gasteiger partial charge in [0.05, 0.1) is 12.2 Å². The van der Waals surface area contributed by atoms with Crippen molar-refractivity contribution >= 4 is 11.8 Å². The Morgan fingerprint density at radius 3 is 2.42 bits per heavy atom. The molecule has 0 unspecified atom stereocenters. The number of carbonyl (C=O) groups excluding carboxylic acids is 2. The van der Waals surface area contributed by atoms with Crippen molar-refractivity contribution < 1.29 is 9.59 Å². The molecule has 0 aliphatic carbocycles. The highest BCUT2D eigenvalue weighted by Crippen LogP contribution is 2.44. The Balaban J connectivity index is 1.18. The van der Waals surface area contributed by atoms with Crippen LogP contribution in [0.5, 0.6) is 0 Å². The van der Waals surface area contributed by atoms with E-state index in [0.717, 1.165) is 50.5 Å². The van der Waals surface area contributed by atoms with Crippen molar-refractivity contribution in [2.24, 2.45) is 5.92 Å². The van der Waals surface area contributed by atoms with Crippen molar-refractivity contribution in [3.63, 3.8) is 0 Å². The maximum absolute atomic E-state index is 12.9. The van der Waals surface area contributed by atoms with Crippen LogP contribution in [-0.4, -0.2) is 74.3 Å². The molecule has 0 radical (unpaired) electrons. The molecule has 0 saturated carbocycles. The molecule has 3 saturated heterocycles. The van der Waals surface area contributed by atoms with Gasteiger partial charge in [0, 0.05) is 75.7 Å². The molecule has 2 aromatic rings. The van der Waals surface area contributed by atoms with Gasteiger partial charge < -0.3 is 14.4 Å². The Hall–Kier alpha value is -2.67. The molecule has 4 atom stereocenters. The predicted octanol–water partition coefficient (Wildman–Crippen LogP) is 4.31. The van der Waals surface area contributed by atoms with Gasteiger partial charge in [0.2, 0.25) is 11.8 Å². The number of fused-ring (bicyclic) bond motifs is 3. The lowest BCUT2D eigenvalue weighted by atomic mass is 9.87. The zero-order valence-corrected chi connectivity index (χ0v) is 23.3. The van der Waals surface area contributed by atoms with E-state index in [1.54, 1.807) is 6.92 Å². The fourth-order valence-corrected chi connectivity index (χ4v) is 8.03. The Kier molecular flexibility index (Phi) is 7.06. The number of carbonyl (C=O) groups is 2. The van der Waals surface area contributed by atoms with Crippen LogP contribution in [0.25, 0.3) is 0 Å². The quantitative estimate of drug-likeness (QED) is 0.573. The Bertz CT molecular complexity index is 1160. The van der Waals surface area contributed by atoms with Crippen molar-refractivity contribution in [1.29, 1.82) is 0 Å². The standard InChI is InChI=1S/C31H43N5O2/c1-4-8-31(38)34-17-24(28(19-34)23-9-6-5-7-10-23)18-35-25-11-12-26(35)16-27(15-25)36-21(2)32-29-20-33(22(3)37)14-13-30(29)36/h5-7,9-10,24-28H,4,8,11-20H2,1-3H3/t24-,25+,26+,28-/m1/s1. The number of hydrogen-bond donors (Lipinski definition) is 0. The highest BCUT2D eigenvalue weighted by molar-refractivity contribution is 5.76. The van der Waals surface area contributed by atoms with Crippen molar-refractivity contribution in [3.05, 3.63) is 53.1 Å². The van der Waals surface area contributed by atoms with Crippen LogP contribution in [-0.2, 0) is 22.6 Å². The summed E-state index contributed by atoms with van der Waals surface area (Å²) in [5.74, 6) is 2.48. The maximum Gasteiger partial charge on any atom is 0.222 e. The van der Waals surface area contributed by atoms with Crippen LogP contribution >= 0.6 is 0 Å². The van der Waals surface area contributed by atoms with Crippen LogP contribution in [0, 0.1) is 12.8 Å². The minimum atomic E-state index is 0.143. The summed E-state index contributed by atoms with van der Waals surface area (Å²) in [7, 11) is 0. The van der Waals surface area contributed by atoms with Crippen LogP contribution < -0.4 is 0 Å². The average molecular weight is 518 g/mol. The monoisotopic (exact) mass is 517 g/mol. The summed E-state index contributed by atoms with van der Waals surface area (Å²) < 4.78 is 2.54. The minimum Gasteiger partial charge on any atom is -0.342 e. The van der Waals surface area contributed by atoms with Gasteiger partial charge >= 0.3 is 0 Å². The number of likely N-dealkylation sites (tertiary alicyclic amines) is 1. The number of amides is 2. The second kappa shape index (κ2) is 10.5. The smallest absolute Gasteiger partial charge is 0.222 e. The van der Waals surface area contributed by atoms with Gasteiger partial charge in [-0.05, 0) is 50.5 Å². The molecule has 5 heterocycles. The SMILES string of the molecule is CCCC(=O)N1C[C@H](CN2[C@H]3CC[C@H]2CC(n2c(C)nc4c2CCN(C(C)=O)C4)C3)[C@@H](c2ccccc2)C1. The van der Waals surface area contributed by atoms with Crippen molar-refractivity contribution in [2.45, 2.75) is 96.3 Å². The lowest BCUT2D eigenvalue weighted by molar-refractivity contribution is -0.130. The summed E-state index contributed by atoms with van der Waals surface area (Å²) in [4.78, 5) is 36.6. The zero-order valence-electron chi connectivity index (χ0n) is 23.3. The van der Waals surface area contributed by atoms with Gasteiger partial charge in [0.25, 0.3) is 0 Å². The average Bonchev–Trinajstić information content (AvgIpc) is 3.55. The normalized spacial score (nSPS) is 29.1. The molecule has 4 aliphatic rings. The molecule has 7 heteroatoms. The first-order valence-electron chi connectivity index (χ1n) is 14.8. The lowest BCUT2D eigenvalue weighted by Crippen LogP contribution is -2.47. The molecule has 38 heavy (non-hydrogen) atoms. The van der Waals surface area contributed by atoms with Gasteiger partial charge in [-0.25, -0.2) is 4.98 Å². The number of piperidine rings is 1. The van der Waals surface area contributed by atoms with Gasteiger partial charge in [0.1, 0.15) is 5.82 Å². The number of nitrogens with zero attached hydrogens (tertiary/aromatic N) is 5. The van der Waals surface area contributed by atoms with Crippen LogP contribution in [0.15, 0.2) is 30.3 Å². The molecule has 2 amide bonds. The number of aryl methyl sites for hydroxylation is 1. The number of aromatic nitrogens is 2. The second-order valence-electron chi connectivity index (χ2n) is 12.1. The molecule has 0 spiro atoms. The van der Waals surface area contributed by atoms with Crippen LogP contribution in [0.2, 0.25) is 0 Å².